The molecule has 1 unspecified atom stereocenters. The van der Waals surface area contributed by atoms with Crippen LogP contribution in [0.5, 0.6) is 0 Å². The first-order chi connectivity index (χ1) is 8.85. The van der Waals surface area contributed by atoms with Crippen molar-refractivity contribution in [3.8, 4) is 0 Å². The maximum Gasteiger partial charge on any atom is 0.226 e. The fourth-order valence-corrected chi connectivity index (χ4v) is 3.59. The number of nitrogens with one attached hydrogen (secondary N) is 2. The molecule has 0 aliphatic carbocycles. The zero-order valence-corrected chi connectivity index (χ0v) is 11.8. The SMILES string of the molecule is Cc1nn(C)cc1NC(=O)CC1CS(=O)(=O)CCN1. The molecule has 0 aromatic carbocycles. The Kier molecular flexibility index (Phi) is 3.91. The monoisotopic (exact) mass is 286 g/mol. The molecule has 1 fully saturated rings. The first-order valence-corrected chi connectivity index (χ1v) is 7.92. The van der Waals surface area contributed by atoms with Gasteiger partial charge in [0.25, 0.3) is 0 Å². The second kappa shape index (κ2) is 5.30. The van der Waals surface area contributed by atoms with Gasteiger partial charge in [-0.05, 0) is 6.92 Å². The number of aryl methyl sites for hydroxylation is 2. The number of amides is 1. The molecule has 1 aromatic heterocycles. The maximum atomic E-state index is 11.9. The molecule has 1 atom stereocenters. The van der Waals surface area contributed by atoms with E-state index >= 15 is 0 Å². The first-order valence-electron chi connectivity index (χ1n) is 6.09. The molecule has 8 heteroatoms. The van der Waals surface area contributed by atoms with Crippen LogP contribution in [0.2, 0.25) is 0 Å². The van der Waals surface area contributed by atoms with E-state index in [4.69, 9.17) is 0 Å². The molecule has 1 aromatic rings. The van der Waals surface area contributed by atoms with Gasteiger partial charge in [-0.1, -0.05) is 0 Å². The third-order valence-corrected chi connectivity index (χ3v) is 4.76. The lowest BCUT2D eigenvalue weighted by Crippen LogP contribution is -2.46. The summed E-state index contributed by atoms with van der Waals surface area (Å²) in [7, 11) is -1.24. The molecule has 2 rings (SSSR count). The zero-order chi connectivity index (χ0) is 14.0. The molecule has 1 aliphatic rings. The van der Waals surface area contributed by atoms with Crippen LogP contribution >= 0.6 is 0 Å². The number of aromatic nitrogens is 2. The quantitative estimate of drug-likeness (QED) is 0.777. The molecule has 2 N–H and O–H groups in total. The van der Waals surface area contributed by atoms with Crippen molar-refractivity contribution >= 4 is 21.4 Å². The van der Waals surface area contributed by atoms with Gasteiger partial charge in [0.15, 0.2) is 9.84 Å². The maximum absolute atomic E-state index is 11.9. The Labute approximate surface area is 112 Å². The van der Waals surface area contributed by atoms with Crippen molar-refractivity contribution in [3.63, 3.8) is 0 Å². The second-order valence-electron chi connectivity index (χ2n) is 4.82. The van der Waals surface area contributed by atoms with Crippen LogP contribution < -0.4 is 10.6 Å². The van der Waals surface area contributed by atoms with E-state index in [0.717, 1.165) is 5.69 Å². The summed E-state index contributed by atoms with van der Waals surface area (Å²) < 4.78 is 24.6. The van der Waals surface area contributed by atoms with Crippen molar-refractivity contribution in [2.24, 2.45) is 7.05 Å². The number of sulfone groups is 1. The normalized spacial score (nSPS) is 22.1. The van der Waals surface area contributed by atoms with E-state index in [1.807, 2.05) is 0 Å². The van der Waals surface area contributed by atoms with E-state index < -0.39 is 9.84 Å². The standard InChI is InChI=1S/C11H18N4O3S/c1-8-10(6-15(2)14-8)13-11(16)5-9-7-19(17,18)4-3-12-9/h6,9,12H,3-5,7H2,1-2H3,(H,13,16). The summed E-state index contributed by atoms with van der Waals surface area (Å²) in [6.45, 7) is 2.21. The molecule has 0 spiro atoms. The van der Waals surface area contributed by atoms with Gasteiger partial charge in [0, 0.05) is 32.3 Å². The van der Waals surface area contributed by atoms with Crippen LogP contribution in [0.4, 0.5) is 5.69 Å². The fraction of sp³-hybridized carbons (Fsp3) is 0.636. The van der Waals surface area contributed by atoms with E-state index in [9.17, 15) is 13.2 Å². The average molecular weight is 286 g/mol. The van der Waals surface area contributed by atoms with Crippen molar-refractivity contribution in [3.05, 3.63) is 11.9 Å². The van der Waals surface area contributed by atoms with Gasteiger partial charge in [-0.2, -0.15) is 5.10 Å². The molecule has 1 amide bonds. The molecular weight excluding hydrogens is 268 g/mol. The minimum absolute atomic E-state index is 0.0203. The summed E-state index contributed by atoms with van der Waals surface area (Å²) in [6.07, 6.45) is 1.87. The van der Waals surface area contributed by atoms with Gasteiger partial charge in [0.2, 0.25) is 5.91 Å². The summed E-state index contributed by atoms with van der Waals surface area (Å²) >= 11 is 0. The molecule has 0 bridgehead atoms. The number of nitrogens with zero attached hydrogens (tertiary/aromatic N) is 2. The van der Waals surface area contributed by atoms with Gasteiger partial charge in [0.05, 0.1) is 22.9 Å². The predicted octanol–water partition coefficient (Wildman–Crippen LogP) is -0.556. The van der Waals surface area contributed by atoms with Gasteiger partial charge in [0.1, 0.15) is 0 Å². The van der Waals surface area contributed by atoms with Crippen LogP contribution in [-0.4, -0.2) is 48.2 Å². The highest BCUT2D eigenvalue weighted by atomic mass is 32.2. The highest BCUT2D eigenvalue weighted by Gasteiger charge is 2.26. The van der Waals surface area contributed by atoms with Crippen LogP contribution in [0.25, 0.3) is 0 Å². The Balaban J connectivity index is 1.93. The summed E-state index contributed by atoms with van der Waals surface area (Å²) in [5.74, 6) is -0.0371. The number of anilines is 1. The van der Waals surface area contributed by atoms with Gasteiger partial charge < -0.3 is 10.6 Å². The Morgan fingerprint density at radius 1 is 1.63 bits per heavy atom. The van der Waals surface area contributed by atoms with Gasteiger partial charge in [-0.3, -0.25) is 9.48 Å². The number of hydrogen-bond acceptors (Lipinski definition) is 5. The molecule has 7 nitrogen and oxygen atoms in total. The third kappa shape index (κ3) is 3.77. The molecule has 19 heavy (non-hydrogen) atoms. The second-order valence-corrected chi connectivity index (χ2v) is 7.05. The van der Waals surface area contributed by atoms with Crippen LogP contribution in [-0.2, 0) is 21.7 Å². The van der Waals surface area contributed by atoms with E-state index in [2.05, 4.69) is 15.7 Å². The molecule has 106 valence electrons. The minimum atomic E-state index is -3.01. The summed E-state index contributed by atoms with van der Waals surface area (Å²) in [5, 5.41) is 9.92. The molecule has 2 heterocycles. The predicted molar refractivity (Wildman–Crippen MR) is 71.6 cm³/mol. The summed E-state index contributed by atoms with van der Waals surface area (Å²) in [5.41, 5.74) is 1.39. The Hall–Kier alpha value is -1.41. The van der Waals surface area contributed by atoms with Crippen LogP contribution in [0.1, 0.15) is 12.1 Å². The first kappa shape index (κ1) is 14.0. The lowest BCUT2D eigenvalue weighted by atomic mass is 10.2. The van der Waals surface area contributed by atoms with Crippen molar-refractivity contribution < 1.29 is 13.2 Å². The summed E-state index contributed by atoms with van der Waals surface area (Å²) in [6, 6.07) is -0.310. The van der Waals surface area contributed by atoms with E-state index in [1.165, 1.54) is 0 Å². The third-order valence-electron chi connectivity index (χ3n) is 3.02. The largest absolute Gasteiger partial charge is 0.323 e. The molecular formula is C11H18N4O3S. The van der Waals surface area contributed by atoms with Crippen molar-refractivity contribution in [1.82, 2.24) is 15.1 Å². The lowest BCUT2D eigenvalue weighted by molar-refractivity contribution is -0.116. The fourth-order valence-electron chi connectivity index (χ4n) is 2.15. The van der Waals surface area contributed by atoms with E-state index in [1.54, 1.807) is 24.9 Å². The lowest BCUT2D eigenvalue weighted by Gasteiger charge is -2.22. The number of hydrogen-bond donors (Lipinski definition) is 2. The smallest absolute Gasteiger partial charge is 0.226 e. The number of rotatable bonds is 3. The van der Waals surface area contributed by atoms with Crippen LogP contribution in [0, 0.1) is 6.92 Å². The molecule has 1 aliphatic heterocycles. The average Bonchev–Trinajstić information content (AvgIpc) is 2.55. The van der Waals surface area contributed by atoms with Crippen molar-refractivity contribution in [1.29, 1.82) is 0 Å². The van der Waals surface area contributed by atoms with Crippen molar-refractivity contribution in [2.75, 3.05) is 23.4 Å². The minimum Gasteiger partial charge on any atom is -0.323 e. The van der Waals surface area contributed by atoms with Gasteiger partial charge in [-0.25, -0.2) is 8.42 Å². The number of carbonyl (C=O) groups is 1. The summed E-state index contributed by atoms with van der Waals surface area (Å²) in [4.78, 5) is 11.9. The van der Waals surface area contributed by atoms with E-state index in [-0.39, 0.29) is 29.9 Å². The zero-order valence-electron chi connectivity index (χ0n) is 11.0. The van der Waals surface area contributed by atoms with Crippen molar-refractivity contribution in [2.45, 2.75) is 19.4 Å². The highest BCUT2D eigenvalue weighted by molar-refractivity contribution is 7.91. The van der Waals surface area contributed by atoms with Crippen LogP contribution in [0.15, 0.2) is 6.20 Å². The highest BCUT2D eigenvalue weighted by Crippen LogP contribution is 2.13. The number of carbonyl (C=O) groups excluding carboxylic acids is 1. The Bertz CT molecular complexity index is 579. The Morgan fingerprint density at radius 3 is 2.95 bits per heavy atom. The molecule has 0 saturated carbocycles. The topological polar surface area (TPSA) is 93.1 Å². The van der Waals surface area contributed by atoms with E-state index in [0.29, 0.717) is 12.2 Å². The van der Waals surface area contributed by atoms with Crippen LogP contribution in [0.3, 0.4) is 0 Å². The molecule has 1 saturated heterocycles. The van der Waals surface area contributed by atoms with Gasteiger partial charge >= 0.3 is 0 Å². The Morgan fingerprint density at radius 2 is 2.37 bits per heavy atom. The molecule has 0 radical (unpaired) electrons. The van der Waals surface area contributed by atoms with Gasteiger partial charge in [-0.15, -0.1) is 0 Å².